The molecule has 1 aliphatic heterocycles. The largest absolute Gasteiger partial charge is 0.373 e. The van der Waals surface area contributed by atoms with Crippen LogP contribution in [0.2, 0.25) is 0 Å². The standard InChI is InChI=1S/C20H22N4O2/c25-20(14-24-13-17-5-1-2-6-19(17)22-24)23-10-7-18(8-11-23)26-15-16-4-3-9-21-12-16/h1-6,9,12-13,18H,7-8,10-11,14-15H2. The van der Waals surface area contributed by atoms with Crippen molar-refractivity contribution in [2.24, 2.45) is 0 Å². The van der Waals surface area contributed by atoms with Gasteiger partial charge in [-0.05, 0) is 30.5 Å². The average Bonchev–Trinajstić information content (AvgIpc) is 3.10. The molecule has 6 nitrogen and oxygen atoms in total. The third-order valence-electron chi connectivity index (χ3n) is 4.76. The molecule has 0 bridgehead atoms. The molecule has 0 radical (unpaired) electrons. The number of hydrogen-bond donors (Lipinski definition) is 0. The fourth-order valence-electron chi connectivity index (χ4n) is 3.30. The molecule has 4 rings (SSSR count). The number of fused-ring (bicyclic) bond motifs is 1. The highest BCUT2D eigenvalue weighted by atomic mass is 16.5. The summed E-state index contributed by atoms with van der Waals surface area (Å²) in [6.07, 6.45) is 7.45. The molecule has 6 heteroatoms. The maximum atomic E-state index is 12.5. The van der Waals surface area contributed by atoms with E-state index in [0.29, 0.717) is 6.61 Å². The summed E-state index contributed by atoms with van der Waals surface area (Å²) in [7, 11) is 0. The van der Waals surface area contributed by atoms with Gasteiger partial charge in [0.15, 0.2) is 0 Å². The quantitative estimate of drug-likeness (QED) is 0.710. The van der Waals surface area contributed by atoms with Crippen LogP contribution in [-0.4, -0.2) is 44.8 Å². The van der Waals surface area contributed by atoms with Gasteiger partial charge in [0.1, 0.15) is 6.54 Å². The Morgan fingerprint density at radius 1 is 1.15 bits per heavy atom. The first kappa shape index (κ1) is 16.7. The van der Waals surface area contributed by atoms with E-state index in [9.17, 15) is 4.79 Å². The zero-order chi connectivity index (χ0) is 17.8. The topological polar surface area (TPSA) is 60.2 Å². The summed E-state index contributed by atoms with van der Waals surface area (Å²) in [5.41, 5.74) is 2.00. The Morgan fingerprint density at radius 3 is 2.77 bits per heavy atom. The smallest absolute Gasteiger partial charge is 0.244 e. The molecule has 0 spiro atoms. The van der Waals surface area contributed by atoms with Crippen molar-refractivity contribution >= 4 is 16.8 Å². The molecule has 0 unspecified atom stereocenters. The average molecular weight is 350 g/mol. The maximum absolute atomic E-state index is 12.5. The molecule has 3 aromatic rings. The molecule has 0 saturated carbocycles. The summed E-state index contributed by atoms with van der Waals surface area (Å²) in [6.45, 7) is 2.33. The molecule has 1 aromatic carbocycles. The van der Waals surface area contributed by atoms with Gasteiger partial charge >= 0.3 is 0 Å². The Morgan fingerprint density at radius 2 is 2.00 bits per heavy atom. The van der Waals surface area contributed by atoms with Crippen molar-refractivity contribution in [1.29, 1.82) is 0 Å². The molecular weight excluding hydrogens is 328 g/mol. The summed E-state index contributed by atoms with van der Waals surface area (Å²) in [5, 5.41) is 5.52. The van der Waals surface area contributed by atoms with Crippen molar-refractivity contribution in [2.75, 3.05) is 13.1 Å². The number of likely N-dealkylation sites (tertiary alicyclic amines) is 1. The van der Waals surface area contributed by atoms with Crippen LogP contribution in [-0.2, 0) is 22.7 Å². The van der Waals surface area contributed by atoms with Crippen LogP contribution in [0.25, 0.3) is 10.9 Å². The number of carbonyl (C=O) groups is 1. The highest BCUT2D eigenvalue weighted by molar-refractivity contribution is 5.79. The van der Waals surface area contributed by atoms with Crippen molar-refractivity contribution in [3.05, 3.63) is 60.6 Å². The fraction of sp³-hybridized carbons (Fsp3) is 0.350. The normalized spacial score (nSPS) is 15.5. The van der Waals surface area contributed by atoms with Gasteiger partial charge in [0, 0.05) is 37.1 Å². The Bertz CT molecular complexity index is 837. The van der Waals surface area contributed by atoms with Gasteiger partial charge in [-0.2, -0.15) is 5.10 Å². The number of rotatable bonds is 5. The molecule has 1 aliphatic rings. The van der Waals surface area contributed by atoms with E-state index in [1.54, 1.807) is 10.9 Å². The zero-order valence-electron chi connectivity index (χ0n) is 14.6. The molecule has 0 aliphatic carbocycles. The van der Waals surface area contributed by atoms with Crippen LogP contribution in [0, 0.1) is 0 Å². The lowest BCUT2D eigenvalue weighted by atomic mass is 10.1. The molecular formula is C20H22N4O2. The molecule has 1 saturated heterocycles. The molecule has 0 atom stereocenters. The Labute approximate surface area is 152 Å². The summed E-state index contributed by atoms with van der Waals surface area (Å²) in [6, 6.07) is 11.8. The van der Waals surface area contributed by atoms with E-state index in [2.05, 4.69) is 10.1 Å². The van der Waals surface area contributed by atoms with Crippen molar-refractivity contribution < 1.29 is 9.53 Å². The van der Waals surface area contributed by atoms with Gasteiger partial charge < -0.3 is 9.64 Å². The molecule has 2 aromatic heterocycles. The predicted octanol–water partition coefficient (Wildman–Crippen LogP) is 2.64. The van der Waals surface area contributed by atoms with Crippen molar-refractivity contribution in [2.45, 2.75) is 32.1 Å². The Hall–Kier alpha value is -2.73. The third-order valence-corrected chi connectivity index (χ3v) is 4.76. The molecule has 1 fully saturated rings. The monoisotopic (exact) mass is 350 g/mol. The minimum atomic E-state index is 0.114. The maximum Gasteiger partial charge on any atom is 0.244 e. The van der Waals surface area contributed by atoms with Crippen molar-refractivity contribution in [1.82, 2.24) is 19.7 Å². The number of aromatic nitrogens is 3. The highest BCUT2D eigenvalue weighted by Gasteiger charge is 2.23. The van der Waals surface area contributed by atoms with Gasteiger partial charge in [-0.1, -0.05) is 24.3 Å². The second-order valence-electron chi connectivity index (χ2n) is 6.64. The van der Waals surface area contributed by atoms with Crippen LogP contribution in [0.5, 0.6) is 0 Å². The number of nitrogens with zero attached hydrogens (tertiary/aromatic N) is 4. The minimum absolute atomic E-state index is 0.114. The SMILES string of the molecule is O=C(Cn1cc2ccccc2n1)N1CCC(OCc2cccnc2)CC1. The number of amides is 1. The van der Waals surface area contributed by atoms with Gasteiger partial charge in [-0.3, -0.25) is 14.5 Å². The van der Waals surface area contributed by atoms with Gasteiger partial charge in [0.05, 0.1) is 18.2 Å². The van der Waals surface area contributed by atoms with E-state index in [-0.39, 0.29) is 18.6 Å². The van der Waals surface area contributed by atoms with Crippen LogP contribution in [0.15, 0.2) is 55.0 Å². The van der Waals surface area contributed by atoms with Gasteiger partial charge in [0.2, 0.25) is 5.91 Å². The molecule has 3 heterocycles. The van der Waals surface area contributed by atoms with E-state index in [0.717, 1.165) is 42.4 Å². The lowest BCUT2D eigenvalue weighted by Crippen LogP contribution is -2.42. The first-order chi connectivity index (χ1) is 12.8. The number of carbonyl (C=O) groups excluding carboxylic acids is 1. The summed E-state index contributed by atoms with van der Waals surface area (Å²) >= 11 is 0. The zero-order valence-corrected chi connectivity index (χ0v) is 14.6. The van der Waals surface area contributed by atoms with Crippen molar-refractivity contribution in [3.8, 4) is 0 Å². The molecule has 0 N–H and O–H groups in total. The summed E-state index contributed by atoms with van der Waals surface area (Å²) in [5.74, 6) is 0.114. The third kappa shape index (κ3) is 3.91. The fourth-order valence-corrected chi connectivity index (χ4v) is 3.30. The van der Waals surface area contributed by atoms with E-state index >= 15 is 0 Å². The predicted molar refractivity (Wildman–Crippen MR) is 98.4 cm³/mol. The number of piperidine rings is 1. The number of pyridine rings is 1. The van der Waals surface area contributed by atoms with E-state index in [1.807, 2.05) is 53.7 Å². The minimum Gasteiger partial charge on any atom is -0.373 e. The molecule has 134 valence electrons. The van der Waals surface area contributed by atoms with Crippen LogP contribution >= 0.6 is 0 Å². The number of benzene rings is 1. The lowest BCUT2D eigenvalue weighted by Gasteiger charge is -2.32. The van der Waals surface area contributed by atoms with Crippen molar-refractivity contribution in [3.63, 3.8) is 0 Å². The number of ether oxygens (including phenoxy) is 1. The summed E-state index contributed by atoms with van der Waals surface area (Å²) < 4.78 is 7.69. The van der Waals surface area contributed by atoms with Gasteiger partial charge in [-0.25, -0.2) is 0 Å². The van der Waals surface area contributed by atoms with E-state index < -0.39 is 0 Å². The van der Waals surface area contributed by atoms with Crippen LogP contribution in [0.1, 0.15) is 18.4 Å². The Kier molecular flexibility index (Phi) is 4.93. The second kappa shape index (κ2) is 7.66. The molecule has 26 heavy (non-hydrogen) atoms. The second-order valence-corrected chi connectivity index (χ2v) is 6.64. The van der Waals surface area contributed by atoms with Gasteiger partial charge in [-0.15, -0.1) is 0 Å². The van der Waals surface area contributed by atoms with Crippen LogP contribution < -0.4 is 0 Å². The lowest BCUT2D eigenvalue weighted by molar-refractivity contribution is -0.134. The highest BCUT2D eigenvalue weighted by Crippen LogP contribution is 2.17. The number of hydrogen-bond acceptors (Lipinski definition) is 4. The van der Waals surface area contributed by atoms with Crippen LogP contribution in [0.4, 0.5) is 0 Å². The Balaban J connectivity index is 1.26. The first-order valence-corrected chi connectivity index (χ1v) is 8.98. The summed E-state index contributed by atoms with van der Waals surface area (Å²) in [4.78, 5) is 18.6. The van der Waals surface area contributed by atoms with E-state index in [4.69, 9.17) is 4.74 Å². The van der Waals surface area contributed by atoms with Crippen LogP contribution in [0.3, 0.4) is 0 Å². The van der Waals surface area contributed by atoms with Gasteiger partial charge in [0.25, 0.3) is 0 Å². The van der Waals surface area contributed by atoms with E-state index in [1.165, 1.54) is 0 Å². The first-order valence-electron chi connectivity index (χ1n) is 8.98. The molecule has 1 amide bonds.